The molecule has 0 saturated carbocycles. The lowest BCUT2D eigenvalue weighted by molar-refractivity contribution is -0.126. The molecule has 4 nitrogen and oxygen atoms in total. The van der Waals surface area contributed by atoms with Crippen LogP contribution in [0.3, 0.4) is 0 Å². The second-order valence-electron chi connectivity index (χ2n) is 5.92. The Morgan fingerprint density at radius 3 is 2.72 bits per heavy atom. The number of benzene rings is 2. The summed E-state index contributed by atoms with van der Waals surface area (Å²) in [5.41, 5.74) is 1.75. The molecule has 0 aliphatic rings. The van der Waals surface area contributed by atoms with Crippen LogP contribution in [0.25, 0.3) is 17.0 Å². The number of nitrogens with zero attached hydrogens (tertiary/aromatic N) is 1. The van der Waals surface area contributed by atoms with Crippen LogP contribution in [0.5, 0.6) is 5.75 Å². The fraction of sp³-hybridized carbons (Fsp3) is 0.190. The van der Waals surface area contributed by atoms with Crippen LogP contribution in [0.15, 0.2) is 65.1 Å². The summed E-state index contributed by atoms with van der Waals surface area (Å²) in [4.78, 5) is 14.1. The summed E-state index contributed by atoms with van der Waals surface area (Å²) in [6.07, 6.45) is 3.35. The number of carbonyl (C=O) groups is 1. The van der Waals surface area contributed by atoms with Crippen molar-refractivity contribution in [2.24, 2.45) is 0 Å². The number of fused-ring (bicyclic) bond motifs is 1. The van der Waals surface area contributed by atoms with Gasteiger partial charge < -0.3 is 14.1 Å². The minimum Gasteiger partial charge on any atom is -0.497 e. The first-order valence-electron chi connectivity index (χ1n) is 8.16. The van der Waals surface area contributed by atoms with Crippen LogP contribution >= 0.6 is 0 Å². The Balaban J connectivity index is 1.73. The Kier molecular flexibility index (Phi) is 4.89. The van der Waals surface area contributed by atoms with E-state index in [1.807, 2.05) is 61.5 Å². The smallest absolute Gasteiger partial charge is 0.246 e. The van der Waals surface area contributed by atoms with E-state index in [1.165, 1.54) is 0 Å². The van der Waals surface area contributed by atoms with Crippen molar-refractivity contribution in [2.45, 2.75) is 13.0 Å². The van der Waals surface area contributed by atoms with Gasteiger partial charge in [0.25, 0.3) is 0 Å². The molecule has 1 unspecified atom stereocenters. The topological polar surface area (TPSA) is 42.7 Å². The first-order chi connectivity index (χ1) is 12.1. The number of methoxy groups -OCH3 is 1. The number of furan rings is 1. The van der Waals surface area contributed by atoms with E-state index < -0.39 is 0 Å². The first kappa shape index (κ1) is 16.8. The molecule has 1 aromatic heterocycles. The normalized spacial score (nSPS) is 12.4. The predicted molar refractivity (Wildman–Crippen MR) is 99.4 cm³/mol. The van der Waals surface area contributed by atoms with Crippen molar-refractivity contribution in [3.8, 4) is 5.75 Å². The summed E-state index contributed by atoms with van der Waals surface area (Å²) in [7, 11) is 3.40. The molecule has 4 heteroatoms. The fourth-order valence-corrected chi connectivity index (χ4v) is 2.62. The molecule has 0 saturated heterocycles. The van der Waals surface area contributed by atoms with Crippen LogP contribution in [0.1, 0.15) is 24.3 Å². The SMILES string of the molecule is COc1cccc(/C=C/C(=O)N(C)C(C)c2cc3ccccc3o2)c1. The number of likely N-dealkylation sites (N-methyl/N-ethyl adjacent to an activating group) is 1. The van der Waals surface area contributed by atoms with Gasteiger partial charge in [0.15, 0.2) is 0 Å². The first-order valence-corrected chi connectivity index (χ1v) is 8.16. The molecule has 0 radical (unpaired) electrons. The third-order valence-corrected chi connectivity index (χ3v) is 4.30. The Morgan fingerprint density at radius 2 is 1.96 bits per heavy atom. The van der Waals surface area contributed by atoms with Gasteiger partial charge in [0.2, 0.25) is 5.91 Å². The molecule has 25 heavy (non-hydrogen) atoms. The fourth-order valence-electron chi connectivity index (χ4n) is 2.62. The van der Waals surface area contributed by atoms with Gasteiger partial charge in [-0.15, -0.1) is 0 Å². The number of ether oxygens (including phenoxy) is 1. The lowest BCUT2D eigenvalue weighted by Gasteiger charge is -2.21. The standard InChI is InChI=1S/C21H21NO3/c1-15(20-14-17-8-4-5-10-19(17)25-20)22(2)21(23)12-11-16-7-6-9-18(13-16)24-3/h4-15H,1-3H3/b12-11+. The predicted octanol–water partition coefficient (Wildman–Crippen LogP) is 4.67. The number of carbonyl (C=O) groups excluding carboxylic acids is 1. The Labute approximate surface area is 147 Å². The quantitative estimate of drug-likeness (QED) is 0.636. The average Bonchev–Trinajstić information content (AvgIpc) is 3.09. The maximum atomic E-state index is 12.5. The van der Waals surface area contributed by atoms with Gasteiger partial charge in [0.1, 0.15) is 17.1 Å². The van der Waals surface area contributed by atoms with Crippen molar-refractivity contribution < 1.29 is 13.9 Å². The van der Waals surface area contributed by atoms with Crippen molar-refractivity contribution in [1.82, 2.24) is 4.90 Å². The molecule has 3 aromatic rings. The third kappa shape index (κ3) is 3.74. The highest BCUT2D eigenvalue weighted by molar-refractivity contribution is 5.92. The van der Waals surface area contributed by atoms with Crippen LogP contribution in [0.4, 0.5) is 0 Å². The van der Waals surface area contributed by atoms with Crippen molar-refractivity contribution in [3.63, 3.8) is 0 Å². The van der Waals surface area contributed by atoms with Gasteiger partial charge in [-0.1, -0.05) is 30.3 Å². The minimum absolute atomic E-state index is 0.0872. The molecule has 0 spiro atoms. The third-order valence-electron chi connectivity index (χ3n) is 4.30. The zero-order chi connectivity index (χ0) is 17.8. The molecule has 1 amide bonds. The largest absolute Gasteiger partial charge is 0.497 e. The van der Waals surface area contributed by atoms with E-state index in [2.05, 4.69) is 0 Å². The molecule has 3 rings (SSSR count). The number of para-hydroxylation sites is 1. The summed E-state index contributed by atoms with van der Waals surface area (Å²) in [5.74, 6) is 1.45. The van der Waals surface area contributed by atoms with Crippen LogP contribution in [-0.2, 0) is 4.79 Å². The molecule has 1 atom stereocenters. The molecule has 128 valence electrons. The zero-order valence-electron chi connectivity index (χ0n) is 14.6. The number of hydrogen-bond donors (Lipinski definition) is 0. The highest BCUT2D eigenvalue weighted by Crippen LogP contribution is 2.26. The van der Waals surface area contributed by atoms with Crippen molar-refractivity contribution >= 4 is 23.0 Å². The molecule has 0 fully saturated rings. The van der Waals surface area contributed by atoms with Crippen LogP contribution in [0, 0.1) is 0 Å². The Morgan fingerprint density at radius 1 is 1.16 bits per heavy atom. The highest BCUT2D eigenvalue weighted by Gasteiger charge is 2.19. The highest BCUT2D eigenvalue weighted by atomic mass is 16.5. The van der Waals surface area contributed by atoms with Gasteiger partial charge >= 0.3 is 0 Å². The molecule has 1 heterocycles. The molecule has 0 N–H and O–H groups in total. The summed E-state index contributed by atoms with van der Waals surface area (Å²) >= 11 is 0. The summed E-state index contributed by atoms with van der Waals surface area (Å²) in [6, 6.07) is 17.2. The molecular weight excluding hydrogens is 314 g/mol. The Hall–Kier alpha value is -3.01. The van der Waals surface area contributed by atoms with E-state index in [4.69, 9.17) is 9.15 Å². The van der Waals surface area contributed by atoms with E-state index in [1.54, 1.807) is 31.2 Å². The maximum absolute atomic E-state index is 12.5. The number of amides is 1. The number of rotatable bonds is 5. The Bertz CT molecular complexity index is 877. The van der Waals surface area contributed by atoms with Gasteiger partial charge in [-0.2, -0.15) is 0 Å². The lowest BCUT2D eigenvalue weighted by Crippen LogP contribution is -2.27. The van der Waals surface area contributed by atoms with Crippen molar-refractivity contribution in [2.75, 3.05) is 14.2 Å². The van der Waals surface area contributed by atoms with Gasteiger partial charge in [-0.25, -0.2) is 0 Å². The summed E-state index contributed by atoms with van der Waals surface area (Å²) in [5, 5.41) is 1.04. The van der Waals surface area contributed by atoms with E-state index in [0.717, 1.165) is 28.0 Å². The monoisotopic (exact) mass is 335 g/mol. The average molecular weight is 335 g/mol. The maximum Gasteiger partial charge on any atom is 0.246 e. The van der Waals surface area contributed by atoms with E-state index in [-0.39, 0.29) is 11.9 Å². The summed E-state index contributed by atoms with van der Waals surface area (Å²) < 4.78 is 11.1. The second kappa shape index (κ2) is 7.26. The molecule has 2 aromatic carbocycles. The van der Waals surface area contributed by atoms with Gasteiger partial charge in [0.05, 0.1) is 13.2 Å². The van der Waals surface area contributed by atoms with Crippen LogP contribution < -0.4 is 4.74 Å². The lowest BCUT2D eigenvalue weighted by atomic mass is 10.1. The minimum atomic E-state index is -0.158. The van der Waals surface area contributed by atoms with Crippen LogP contribution in [-0.4, -0.2) is 25.0 Å². The van der Waals surface area contributed by atoms with E-state index in [0.29, 0.717) is 0 Å². The van der Waals surface area contributed by atoms with Gasteiger partial charge in [-0.3, -0.25) is 4.79 Å². The van der Waals surface area contributed by atoms with Crippen molar-refractivity contribution in [1.29, 1.82) is 0 Å². The number of hydrogen-bond acceptors (Lipinski definition) is 3. The second-order valence-corrected chi connectivity index (χ2v) is 5.92. The van der Waals surface area contributed by atoms with Crippen LogP contribution in [0.2, 0.25) is 0 Å². The molecule has 0 bridgehead atoms. The van der Waals surface area contributed by atoms with Crippen molar-refractivity contribution in [3.05, 3.63) is 72.0 Å². The molecular formula is C21H21NO3. The van der Waals surface area contributed by atoms with E-state index >= 15 is 0 Å². The summed E-state index contributed by atoms with van der Waals surface area (Å²) in [6.45, 7) is 1.95. The molecule has 0 aliphatic carbocycles. The van der Waals surface area contributed by atoms with Gasteiger partial charge in [0, 0.05) is 18.5 Å². The van der Waals surface area contributed by atoms with Gasteiger partial charge in [-0.05, 0) is 42.8 Å². The van der Waals surface area contributed by atoms with E-state index in [9.17, 15) is 4.79 Å². The zero-order valence-corrected chi connectivity index (χ0v) is 14.6. The molecule has 0 aliphatic heterocycles.